The topological polar surface area (TPSA) is 55.7 Å². The van der Waals surface area contributed by atoms with Crippen LogP contribution in [0.5, 0.6) is 0 Å². The van der Waals surface area contributed by atoms with Crippen molar-refractivity contribution in [2.75, 3.05) is 55.6 Å². The molecule has 162 valence electrons. The average Bonchev–Trinajstić information content (AvgIpc) is 2.84. The second kappa shape index (κ2) is 8.81. The summed E-state index contributed by atoms with van der Waals surface area (Å²) in [5.74, 6) is 2.06. The van der Waals surface area contributed by atoms with E-state index in [9.17, 15) is 5.11 Å². The third-order valence-corrected chi connectivity index (χ3v) is 6.67. The SMILES string of the molecule is CCN1CCN(c2nc(-c3ccc(N4CCC(O)CC4)nc3)cc3ccccc23)CC1. The summed E-state index contributed by atoms with van der Waals surface area (Å²) in [6, 6.07) is 14.9. The van der Waals surface area contributed by atoms with Gasteiger partial charge in [0.05, 0.1) is 11.8 Å². The Bertz CT molecular complexity index is 1020. The Hall–Kier alpha value is -2.70. The number of hydrogen-bond donors (Lipinski definition) is 1. The predicted octanol–water partition coefficient (Wildman–Crippen LogP) is 3.40. The van der Waals surface area contributed by atoms with E-state index in [4.69, 9.17) is 9.97 Å². The van der Waals surface area contributed by atoms with E-state index in [0.717, 1.165) is 81.5 Å². The first-order chi connectivity index (χ1) is 15.2. The van der Waals surface area contributed by atoms with Crippen LogP contribution in [0.15, 0.2) is 48.7 Å². The highest BCUT2D eigenvalue weighted by Gasteiger charge is 2.21. The third kappa shape index (κ3) is 4.23. The smallest absolute Gasteiger partial charge is 0.137 e. The standard InChI is InChI=1S/C25H31N5O/c1-2-28-13-15-30(16-14-28)25-22-6-4-3-5-19(22)17-23(27-25)20-7-8-24(26-18-20)29-11-9-21(31)10-12-29/h3-8,17-18,21,31H,2,9-16H2,1H3. The molecule has 0 spiro atoms. The summed E-state index contributed by atoms with van der Waals surface area (Å²) >= 11 is 0. The van der Waals surface area contributed by atoms with Gasteiger partial charge in [-0.2, -0.15) is 0 Å². The maximum atomic E-state index is 9.75. The van der Waals surface area contributed by atoms with Crippen LogP contribution in [-0.4, -0.2) is 71.9 Å². The minimum atomic E-state index is -0.171. The van der Waals surface area contributed by atoms with Gasteiger partial charge < -0.3 is 19.8 Å². The second-order valence-corrected chi connectivity index (χ2v) is 8.60. The van der Waals surface area contributed by atoms with E-state index in [-0.39, 0.29) is 6.10 Å². The summed E-state index contributed by atoms with van der Waals surface area (Å²) in [6.45, 7) is 9.22. The van der Waals surface area contributed by atoms with E-state index in [2.05, 4.69) is 64.1 Å². The number of benzene rings is 1. The zero-order chi connectivity index (χ0) is 21.2. The molecule has 4 heterocycles. The van der Waals surface area contributed by atoms with Crippen molar-refractivity contribution in [3.05, 3.63) is 48.7 Å². The van der Waals surface area contributed by atoms with Gasteiger partial charge in [-0.05, 0) is 43.0 Å². The van der Waals surface area contributed by atoms with Crippen molar-refractivity contribution in [3.8, 4) is 11.3 Å². The normalized spacial score (nSPS) is 18.6. The van der Waals surface area contributed by atoms with Crippen LogP contribution in [0.3, 0.4) is 0 Å². The van der Waals surface area contributed by atoms with E-state index in [1.807, 2.05) is 6.20 Å². The molecule has 6 heteroatoms. The van der Waals surface area contributed by atoms with Crippen molar-refractivity contribution in [1.82, 2.24) is 14.9 Å². The van der Waals surface area contributed by atoms with Gasteiger partial charge in [-0.15, -0.1) is 0 Å². The highest BCUT2D eigenvalue weighted by Crippen LogP contribution is 2.31. The molecule has 1 N–H and O–H groups in total. The molecule has 0 bridgehead atoms. The minimum Gasteiger partial charge on any atom is -0.393 e. The average molecular weight is 418 g/mol. The van der Waals surface area contributed by atoms with Gasteiger partial charge in [0.25, 0.3) is 0 Å². The molecule has 5 rings (SSSR count). The van der Waals surface area contributed by atoms with Gasteiger partial charge in [0.1, 0.15) is 11.6 Å². The predicted molar refractivity (Wildman–Crippen MR) is 127 cm³/mol. The number of pyridine rings is 2. The van der Waals surface area contributed by atoms with Crippen molar-refractivity contribution in [2.45, 2.75) is 25.9 Å². The Morgan fingerprint density at radius 1 is 0.935 bits per heavy atom. The molecule has 2 aromatic heterocycles. The van der Waals surface area contributed by atoms with Gasteiger partial charge in [0.15, 0.2) is 0 Å². The van der Waals surface area contributed by atoms with Crippen LogP contribution in [0.25, 0.3) is 22.0 Å². The zero-order valence-electron chi connectivity index (χ0n) is 18.2. The van der Waals surface area contributed by atoms with Gasteiger partial charge in [0.2, 0.25) is 0 Å². The first kappa shape index (κ1) is 20.2. The molecule has 31 heavy (non-hydrogen) atoms. The van der Waals surface area contributed by atoms with Crippen LogP contribution >= 0.6 is 0 Å². The fourth-order valence-corrected chi connectivity index (χ4v) is 4.66. The van der Waals surface area contributed by atoms with Crippen LogP contribution < -0.4 is 9.80 Å². The van der Waals surface area contributed by atoms with E-state index in [0.29, 0.717) is 0 Å². The van der Waals surface area contributed by atoms with Crippen LogP contribution in [0, 0.1) is 0 Å². The molecule has 1 aromatic carbocycles. The molecule has 0 saturated carbocycles. The molecular formula is C25H31N5O. The summed E-state index contributed by atoms with van der Waals surface area (Å²) in [7, 11) is 0. The lowest BCUT2D eigenvalue weighted by atomic mass is 10.1. The van der Waals surface area contributed by atoms with Crippen molar-refractivity contribution < 1.29 is 5.11 Å². The van der Waals surface area contributed by atoms with Crippen LogP contribution in [-0.2, 0) is 0 Å². The second-order valence-electron chi connectivity index (χ2n) is 8.60. The van der Waals surface area contributed by atoms with Crippen LogP contribution in [0.2, 0.25) is 0 Å². The molecule has 0 amide bonds. The molecule has 6 nitrogen and oxygen atoms in total. The van der Waals surface area contributed by atoms with Crippen molar-refractivity contribution in [1.29, 1.82) is 0 Å². The maximum absolute atomic E-state index is 9.75. The minimum absolute atomic E-state index is 0.171. The lowest BCUT2D eigenvalue weighted by Crippen LogP contribution is -2.46. The van der Waals surface area contributed by atoms with Gasteiger partial charge in [-0.1, -0.05) is 31.2 Å². The number of fused-ring (bicyclic) bond motifs is 1. The van der Waals surface area contributed by atoms with Gasteiger partial charge >= 0.3 is 0 Å². The molecule has 2 fully saturated rings. The number of piperidine rings is 1. The number of piperazine rings is 1. The molecule has 0 aliphatic carbocycles. The maximum Gasteiger partial charge on any atom is 0.137 e. The molecule has 2 aliphatic heterocycles. The van der Waals surface area contributed by atoms with Crippen molar-refractivity contribution in [2.24, 2.45) is 0 Å². The summed E-state index contributed by atoms with van der Waals surface area (Å²) in [4.78, 5) is 17.0. The summed E-state index contributed by atoms with van der Waals surface area (Å²) in [6.07, 6.45) is 3.39. The summed E-state index contributed by atoms with van der Waals surface area (Å²) < 4.78 is 0. The van der Waals surface area contributed by atoms with Crippen LogP contribution in [0.1, 0.15) is 19.8 Å². The first-order valence-corrected chi connectivity index (χ1v) is 11.5. The fraction of sp³-hybridized carbons (Fsp3) is 0.440. The third-order valence-electron chi connectivity index (χ3n) is 6.67. The number of hydrogen-bond acceptors (Lipinski definition) is 6. The van der Waals surface area contributed by atoms with E-state index in [1.54, 1.807) is 0 Å². The summed E-state index contributed by atoms with van der Waals surface area (Å²) in [5.41, 5.74) is 2.01. The van der Waals surface area contributed by atoms with E-state index in [1.165, 1.54) is 10.8 Å². The Morgan fingerprint density at radius 2 is 1.71 bits per heavy atom. The number of rotatable bonds is 4. The Labute approximate surface area is 184 Å². The Kier molecular flexibility index (Phi) is 5.74. The number of aromatic nitrogens is 2. The zero-order valence-corrected chi connectivity index (χ0v) is 18.2. The number of aliphatic hydroxyl groups is 1. The monoisotopic (exact) mass is 417 g/mol. The highest BCUT2D eigenvalue weighted by molar-refractivity contribution is 5.95. The van der Waals surface area contributed by atoms with Crippen molar-refractivity contribution in [3.63, 3.8) is 0 Å². The molecule has 2 aliphatic rings. The van der Waals surface area contributed by atoms with Crippen LogP contribution in [0.4, 0.5) is 11.6 Å². The number of anilines is 2. The van der Waals surface area contributed by atoms with Gasteiger partial charge in [0, 0.05) is 56.4 Å². The number of aliphatic hydroxyl groups excluding tert-OH is 1. The number of nitrogens with zero attached hydrogens (tertiary/aromatic N) is 5. The van der Waals surface area contributed by atoms with Crippen molar-refractivity contribution >= 4 is 22.4 Å². The van der Waals surface area contributed by atoms with E-state index >= 15 is 0 Å². The Morgan fingerprint density at radius 3 is 2.42 bits per heavy atom. The number of likely N-dealkylation sites (N-methyl/N-ethyl adjacent to an activating group) is 1. The highest BCUT2D eigenvalue weighted by atomic mass is 16.3. The molecular weight excluding hydrogens is 386 g/mol. The van der Waals surface area contributed by atoms with Gasteiger partial charge in [-0.25, -0.2) is 9.97 Å². The lowest BCUT2D eigenvalue weighted by Gasteiger charge is -2.35. The fourth-order valence-electron chi connectivity index (χ4n) is 4.66. The molecule has 0 atom stereocenters. The summed E-state index contributed by atoms with van der Waals surface area (Å²) in [5, 5.41) is 12.2. The molecule has 3 aromatic rings. The van der Waals surface area contributed by atoms with Gasteiger partial charge in [-0.3, -0.25) is 0 Å². The lowest BCUT2D eigenvalue weighted by molar-refractivity contribution is 0.145. The molecule has 0 radical (unpaired) electrons. The van der Waals surface area contributed by atoms with E-state index < -0.39 is 0 Å². The molecule has 2 saturated heterocycles. The first-order valence-electron chi connectivity index (χ1n) is 11.5. The largest absolute Gasteiger partial charge is 0.393 e. The molecule has 0 unspecified atom stereocenters. The Balaban J connectivity index is 1.45. The quantitative estimate of drug-likeness (QED) is 0.702.